The average molecular weight is 356 g/mol. The van der Waals surface area contributed by atoms with Gasteiger partial charge in [0.25, 0.3) is 5.91 Å². The van der Waals surface area contributed by atoms with Crippen molar-refractivity contribution in [2.45, 2.75) is 6.04 Å². The van der Waals surface area contributed by atoms with Gasteiger partial charge in [0.2, 0.25) is 0 Å². The minimum absolute atomic E-state index is 0.0892. The first kappa shape index (κ1) is 16.9. The van der Waals surface area contributed by atoms with Gasteiger partial charge in [0, 0.05) is 11.1 Å². The summed E-state index contributed by atoms with van der Waals surface area (Å²) in [7, 11) is 1.65. The Hall–Kier alpha value is -3.53. The van der Waals surface area contributed by atoms with E-state index >= 15 is 0 Å². The second-order valence-electron chi connectivity index (χ2n) is 6.29. The first-order valence-corrected chi connectivity index (χ1v) is 8.83. The zero-order chi connectivity index (χ0) is 18.6. The summed E-state index contributed by atoms with van der Waals surface area (Å²) in [6, 6.07) is 26.8. The van der Waals surface area contributed by atoms with Crippen molar-refractivity contribution in [1.82, 2.24) is 10.4 Å². The fourth-order valence-electron chi connectivity index (χ4n) is 3.28. The normalized spacial score (nSPS) is 15.8. The maximum atomic E-state index is 13.2. The molecule has 27 heavy (non-hydrogen) atoms. The van der Waals surface area contributed by atoms with E-state index < -0.39 is 0 Å². The van der Waals surface area contributed by atoms with Gasteiger partial charge in [0.15, 0.2) is 0 Å². The summed E-state index contributed by atoms with van der Waals surface area (Å²) in [5, 5.41) is 1.66. The lowest BCUT2D eigenvalue weighted by molar-refractivity contribution is 0.0671. The van der Waals surface area contributed by atoms with Crippen LogP contribution in [0, 0.1) is 0 Å². The van der Waals surface area contributed by atoms with E-state index in [4.69, 9.17) is 4.74 Å². The van der Waals surface area contributed by atoms with Gasteiger partial charge in [0.05, 0.1) is 12.8 Å². The fourth-order valence-corrected chi connectivity index (χ4v) is 3.28. The van der Waals surface area contributed by atoms with E-state index in [0.717, 1.165) is 22.6 Å². The summed E-state index contributed by atoms with van der Waals surface area (Å²) in [6.07, 6.45) is 2.06. The number of carbonyl (C=O) groups is 1. The van der Waals surface area contributed by atoms with Gasteiger partial charge in [-0.2, -0.15) is 0 Å². The van der Waals surface area contributed by atoms with Crippen molar-refractivity contribution in [3.05, 3.63) is 108 Å². The number of benzene rings is 3. The molecule has 0 fully saturated rings. The van der Waals surface area contributed by atoms with Gasteiger partial charge in [-0.05, 0) is 29.8 Å². The van der Waals surface area contributed by atoms with Crippen LogP contribution in [0.2, 0.25) is 0 Å². The predicted molar refractivity (Wildman–Crippen MR) is 106 cm³/mol. The van der Waals surface area contributed by atoms with Crippen LogP contribution >= 0.6 is 0 Å². The molecule has 1 atom stereocenters. The number of amides is 1. The molecular formula is C23H20N2O2. The Balaban J connectivity index is 1.77. The Morgan fingerprint density at radius 3 is 2.22 bits per heavy atom. The second kappa shape index (κ2) is 7.38. The number of ether oxygens (including phenoxy) is 1. The molecule has 0 saturated carbocycles. The van der Waals surface area contributed by atoms with Gasteiger partial charge in [0.1, 0.15) is 11.8 Å². The number of hydrogen-bond donors (Lipinski definition) is 1. The summed E-state index contributed by atoms with van der Waals surface area (Å²) >= 11 is 0. The molecule has 0 bridgehead atoms. The molecule has 3 aromatic rings. The number of rotatable bonds is 4. The van der Waals surface area contributed by atoms with Crippen LogP contribution in [0.3, 0.4) is 0 Å². The van der Waals surface area contributed by atoms with E-state index in [-0.39, 0.29) is 11.9 Å². The SMILES string of the molecule is COc1ccccc1[C@@H]1C=C(c2ccccc2)NN1C(=O)c1ccccc1. The molecule has 1 amide bonds. The molecule has 0 aliphatic carbocycles. The van der Waals surface area contributed by atoms with Crippen LogP contribution in [0.4, 0.5) is 0 Å². The zero-order valence-electron chi connectivity index (χ0n) is 15.0. The summed E-state index contributed by atoms with van der Waals surface area (Å²) in [4.78, 5) is 13.2. The van der Waals surface area contributed by atoms with E-state index in [0.29, 0.717) is 5.56 Å². The number of hydrogen-bond acceptors (Lipinski definition) is 3. The van der Waals surface area contributed by atoms with Crippen molar-refractivity contribution in [3.8, 4) is 5.75 Å². The summed E-state index contributed by atoms with van der Waals surface area (Å²) in [6.45, 7) is 0. The van der Waals surface area contributed by atoms with Crippen molar-refractivity contribution in [3.63, 3.8) is 0 Å². The first-order chi connectivity index (χ1) is 13.3. The average Bonchev–Trinajstić information content (AvgIpc) is 3.19. The minimum Gasteiger partial charge on any atom is -0.496 e. The summed E-state index contributed by atoms with van der Waals surface area (Å²) in [5.74, 6) is 0.661. The molecule has 0 unspecified atom stereocenters. The fraction of sp³-hybridized carbons (Fsp3) is 0.0870. The van der Waals surface area contributed by atoms with E-state index in [1.807, 2.05) is 84.9 Å². The Bertz CT molecular complexity index is 968. The monoisotopic (exact) mass is 356 g/mol. The largest absolute Gasteiger partial charge is 0.496 e. The van der Waals surface area contributed by atoms with Gasteiger partial charge in [-0.25, -0.2) is 5.01 Å². The molecule has 1 N–H and O–H groups in total. The third-order valence-electron chi connectivity index (χ3n) is 4.63. The standard InChI is InChI=1S/C23H20N2O2/c1-27-22-15-9-8-14-19(22)21-16-20(17-10-4-2-5-11-17)24-25(21)23(26)18-12-6-3-7-13-18/h2-16,21,24H,1H3/t21-/m0/s1. The highest BCUT2D eigenvalue weighted by molar-refractivity contribution is 5.95. The number of hydrazine groups is 1. The smallest absolute Gasteiger partial charge is 0.273 e. The Kier molecular flexibility index (Phi) is 4.62. The molecule has 3 aromatic carbocycles. The first-order valence-electron chi connectivity index (χ1n) is 8.83. The predicted octanol–water partition coefficient (Wildman–Crippen LogP) is 4.44. The lowest BCUT2D eigenvalue weighted by atomic mass is 10.0. The van der Waals surface area contributed by atoms with Crippen LogP contribution < -0.4 is 10.2 Å². The molecule has 1 heterocycles. The van der Waals surface area contributed by atoms with Crippen molar-refractivity contribution in [2.24, 2.45) is 0 Å². The highest BCUT2D eigenvalue weighted by Crippen LogP contribution is 2.36. The quantitative estimate of drug-likeness (QED) is 0.751. The molecule has 1 aliphatic heterocycles. The van der Waals surface area contributed by atoms with Crippen molar-refractivity contribution >= 4 is 11.6 Å². The van der Waals surface area contributed by atoms with Crippen LogP contribution in [0.25, 0.3) is 5.70 Å². The maximum Gasteiger partial charge on any atom is 0.273 e. The van der Waals surface area contributed by atoms with E-state index in [9.17, 15) is 4.79 Å². The van der Waals surface area contributed by atoms with E-state index in [1.165, 1.54) is 0 Å². The lowest BCUT2D eigenvalue weighted by Gasteiger charge is -2.26. The molecule has 1 aliphatic rings. The van der Waals surface area contributed by atoms with Crippen LogP contribution in [0.1, 0.15) is 27.5 Å². The van der Waals surface area contributed by atoms with Crippen LogP contribution in [-0.4, -0.2) is 18.0 Å². The molecule has 4 rings (SSSR count). The molecule has 0 spiro atoms. The number of nitrogens with one attached hydrogen (secondary N) is 1. The van der Waals surface area contributed by atoms with E-state index in [2.05, 4.69) is 11.5 Å². The van der Waals surface area contributed by atoms with Crippen molar-refractivity contribution in [2.75, 3.05) is 7.11 Å². The van der Waals surface area contributed by atoms with Gasteiger partial charge >= 0.3 is 0 Å². The maximum absolute atomic E-state index is 13.2. The van der Waals surface area contributed by atoms with Crippen LogP contribution in [0.5, 0.6) is 5.75 Å². The zero-order valence-corrected chi connectivity index (χ0v) is 15.0. The van der Waals surface area contributed by atoms with Gasteiger partial charge in [-0.15, -0.1) is 0 Å². The van der Waals surface area contributed by atoms with Crippen LogP contribution in [0.15, 0.2) is 91.0 Å². The topological polar surface area (TPSA) is 41.6 Å². The Morgan fingerprint density at radius 1 is 0.889 bits per heavy atom. The van der Waals surface area contributed by atoms with Crippen LogP contribution in [-0.2, 0) is 0 Å². The number of nitrogens with zero attached hydrogens (tertiary/aromatic N) is 1. The van der Waals surface area contributed by atoms with Crippen molar-refractivity contribution < 1.29 is 9.53 Å². The summed E-state index contributed by atoms with van der Waals surface area (Å²) in [5.41, 5.74) is 6.79. The summed E-state index contributed by atoms with van der Waals surface area (Å²) < 4.78 is 5.54. The minimum atomic E-state index is -0.274. The lowest BCUT2D eigenvalue weighted by Crippen LogP contribution is -2.39. The van der Waals surface area contributed by atoms with E-state index in [1.54, 1.807) is 12.1 Å². The van der Waals surface area contributed by atoms with Gasteiger partial charge < -0.3 is 4.74 Å². The Morgan fingerprint density at radius 2 is 1.52 bits per heavy atom. The molecule has 0 saturated heterocycles. The highest BCUT2D eigenvalue weighted by atomic mass is 16.5. The van der Waals surface area contributed by atoms with Gasteiger partial charge in [-0.3, -0.25) is 10.2 Å². The van der Waals surface area contributed by atoms with Crippen molar-refractivity contribution in [1.29, 1.82) is 0 Å². The molecule has 0 radical (unpaired) electrons. The number of para-hydroxylation sites is 1. The second-order valence-corrected chi connectivity index (χ2v) is 6.29. The highest BCUT2D eigenvalue weighted by Gasteiger charge is 2.32. The third-order valence-corrected chi connectivity index (χ3v) is 4.63. The number of methoxy groups -OCH3 is 1. The molecule has 134 valence electrons. The third kappa shape index (κ3) is 3.29. The molecule has 0 aromatic heterocycles. The molecule has 4 heteroatoms. The Labute approximate surface area is 158 Å². The number of carbonyl (C=O) groups excluding carboxylic acids is 1. The van der Waals surface area contributed by atoms with Gasteiger partial charge in [-0.1, -0.05) is 66.7 Å². The molecular weight excluding hydrogens is 336 g/mol. The molecule has 4 nitrogen and oxygen atoms in total.